The van der Waals surface area contributed by atoms with Gasteiger partial charge < -0.3 is 9.47 Å². The fourth-order valence-electron chi connectivity index (χ4n) is 3.97. The lowest BCUT2D eigenvalue weighted by molar-refractivity contribution is -0.134. The Morgan fingerprint density at radius 1 is 1.35 bits per heavy atom. The molecule has 12 heteroatoms. The molecule has 31 heavy (non-hydrogen) atoms. The number of hydrogen-bond acceptors (Lipinski definition) is 7. The van der Waals surface area contributed by atoms with Crippen molar-refractivity contribution < 1.29 is 36.7 Å². The summed E-state index contributed by atoms with van der Waals surface area (Å²) in [5.41, 5.74) is 2.23. The topological polar surface area (TPSA) is 118 Å². The molecule has 0 atom stereocenters. The lowest BCUT2D eigenvalue weighted by atomic mass is 9.94. The highest BCUT2D eigenvalue weighted by molar-refractivity contribution is 7.91. The largest absolute Gasteiger partial charge is 0.486 e. The van der Waals surface area contributed by atoms with E-state index in [1.807, 2.05) is 0 Å². The molecule has 1 aromatic heterocycles. The molecule has 9 nitrogen and oxygen atoms in total. The van der Waals surface area contributed by atoms with Gasteiger partial charge in [0.2, 0.25) is 10.0 Å². The van der Waals surface area contributed by atoms with Crippen LogP contribution in [0.2, 0.25) is 0 Å². The predicted molar refractivity (Wildman–Crippen MR) is 106 cm³/mol. The van der Waals surface area contributed by atoms with Crippen molar-refractivity contribution in [1.82, 2.24) is 14.8 Å². The smallest absolute Gasteiger partial charge is 0.278 e. The van der Waals surface area contributed by atoms with E-state index in [-0.39, 0.29) is 50.8 Å². The van der Waals surface area contributed by atoms with E-state index in [4.69, 9.17) is 14.7 Å². The number of nitrogens with one attached hydrogen (secondary N) is 1. The molecule has 0 aliphatic carbocycles. The second-order valence-corrected chi connectivity index (χ2v) is 10.3. The minimum Gasteiger partial charge on any atom is -0.486 e. The number of hydrogen-bond donors (Lipinski definition) is 2. The minimum atomic E-state index is -4.02. The Kier molecular flexibility index (Phi) is 7.14. The van der Waals surface area contributed by atoms with Gasteiger partial charge in [0.25, 0.3) is 11.8 Å². The molecule has 2 saturated heterocycles. The average molecular weight is 464 g/mol. The van der Waals surface area contributed by atoms with Gasteiger partial charge in [-0.05, 0) is 25.0 Å². The maximum atomic E-state index is 13.3. The lowest BCUT2D eigenvalue weighted by Crippen LogP contribution is -2.60. The number of pyridine rings is 1. The van der Waals surface area contributed by atoms with Crippen LogP contribution in [-0.2, 0) is 19.6 Å². The number of alkyl halides is 2. The molecule has 0 saturated carbocycles. The van der Waals surface area contributed by atoms with E-state index in [1.165, 1.54) is 16.0 Å². The van der Waals surface area contributed by atoms with Crippen molar-refractivity contribution in [3.63, 3.8) is 0 Å². The summed E-state index contributed by atoms with van der Waals surface area (Å²) in [5, 5.41) is 9.13. The fourth-order valence-corrected chi connectivity index (χ4v) is 6.12. The molecule has 1 amide bonds. The van der Waals surface area contributed by atoms with Gasteiger partial charge in [0.1, 0.15) is 5.75 Å². The zero-order valence-corrected chi connectivity index (χ0v) is 18.0. The summed E-state index contributed by atoms with van der Waals surface area (Å²) in [6.45, 7) is 0.674. The van der Waals surface area contributed by atoms with Crippen LogP contribution < -0.4 is 10.2 Å². The van der Waals surface area contributed by atoms with Crippen LogP contribution in [0.25, 0.3) is 0 Å². The predicted octanol–water partition coefficient (Wildman–Crippen LogP) is 1.68. The third-order valence-corrected chi connectivity index (χ3v) is 8.40. The van der Waals surface area contributed by atoms with Crippen LogP contribution in [-0.4, -0.2) is 72.4 Å². The highest BCUT2D eigenvalue weighted by atomic mass is 32.2. The number of ether oxygens (including phenoxy) is 2. The molecule has 174 valence electrons. The van der Waals surface area contributed by atoms with E-state index in [1.54, 1.807) is 12.1 Å². The van der Waals surface area contributed by atoms with Crippen LogP contribution >= 0.6 is 0 Å². The van der Waals surface area contributed by atoms with E-state index in [9.17, 15) is 22.0 Å². The van der Waals surface area contributed by atoms with Crippen LogP contribution in [0.15, 0.2) is 18.3 Å². The lowest BCUT2D eigenvalue weighted by Gasteiger charge is -2.40. The van der Waals surface area contributed by atoms with E-state index >= 15 is 0 Å². The molecule has 2 fully saturated rings. The second-order valence-electron chi connectivity index (χ2n) is 8.00. The maximum Gasteiger partial charge on any atom is 0.278 e. The first-order valence-electron chi connectivity index (χ1n) is 10.1. The molecule has 2 aliphatic heterocycles. The second kappa shape index (κ2) is 9.31. The highest BCUT2D eigenvalue weighted by Gasteiger charge is 2.54. The molecule has 0 bridgehead atoms. The number of hydroxylamine groups is 1. The molecule has 2 N–H and O–H groups in total. The van der Waals surface area contributed by atoms with Crippen molar-refractivity contribution in [3.8, 4) is 5.75 Å². The Morgan fingerprint density at radius 2 is 2.00 bits per heavy atom. The van der Waals surface area contributed by atoms with Gasteiger partial charge in [0, 0.05) is 57.7 Å². The summed E-state index contributed by atoms with van der Waals surface area (Å²) in [6.07, 6.45) is 2.31. The Morgan fingerprint density at radius 3 is 2.52 bits per heavy atom. The molecule has 0 unspecified atom stereocenters. The van der Waals surface area contributed by atoms with E-state index < -0.39 is 33.2 Å². The number of sulfonamides is 1. The van der Waals surface area contributed by atoms with Crippen LogP contribution in [0, 0.1) is 0 Å². The standard InChI is InChI=1S/C19H27F2N3O6S/c1-18(20,21)13-30-15-2-3-16(22-12-15)14-4-8-24(9-5-14)31(27,28)19(17(25)23-26)6-10-29-11-7-19/h2-3,12,14,26H,4-11,13H2,1H3,(H,23,25). The number of carbonyl (C=O) groups is 1. The summed E-state index contributed by atoms with van der Waals surface area (Å²) < 4.78 is 62.2. The Hall–Kier alpha value is -1.89. The molecule has 1 aromatic rings. The van der Waals surface area contributed by atoms with Gasteiger partial charge in [-0.15, -0.1) is 0 Å². The van der Waals surface area contributed by atoms with Crippen LogP contribution in [0.1, 0.15) is 44.2 Å². The number of rotatable bonds is 7. The third-order valence-electron chi connectivity index (χ3n) is 5.77. The van der Waals surface area contributed by atoms with Gasteiger partial charge in [0.05, 0.1) is 6.20 Å². The Balaban J connectivity index is 1.65. The van der Waals surface area contributed by atoms with E-state index in [2.05, 4.69) is 4.98 Å². The van der Waals surface area contributed by atoms with Gasteiger partial charge >= 0.3 is 0 Å². The van der Waals surface area contributed by atoms with Crippen molar-refractivity contribution in [1.29, 1.82) is 0 Å². The zero-order valence-electron chi connectivity index (χ0n) is 17.2. The number of piperidine rings is 1. The van der Waals surface area contributed by atoms with Crippen LogP contribution in [0.3, 0.4) is 0 Å². The number of carbonyl (C=O) groups excluding carboxylic acids is 1. The van der Waals surface area contributed by atoms with Crippen LogP contribution in [0.5, 0.6) is 5.75 Å². The number of aromatic nitrogens is 1. The molecule has 0 aromatic carbocycles. The fraction of sp³-hybridized carbons (Fsp3) is 0.684. The Labute approximate surface area is 179 Å². The molecule has 0 spiro atoms. The first-order chi connectivity index (χ1) is 14.6. The normalized spacial score (nSPS) is 20.9. The van der Waals surface area contributed by atoms with Gasteiger partial charge in [-0.25, -0.2) is 27.0 Å². The Bertz CT molecular complexity index is 862. The first-order valence-corrected chi connectivity index (χ1v) is 11.5. The summed E-state index contributed by atoms with van der Waals surface area (Å²) >= 11 is 0. The molecule has 2 aliphatic rings. The van der Waals surface area contributed by atoms with Gasteiger partial charge in [-0.3, -0.25) is 15.0 Å². The number of amides is 1. The molecule has 3 rings (SSSR count). The highest BCUT2D eigenvalue weighted by Crippen LogP contribution is 2.36. The first kappa shape index (κ1) is 23.8. The van der Waals surface area contributed by atoms with E-state index in [0.29, 0.717) is 12.8 Å². The van der Waals surface area contributed by atoms with Crippen molar-refractivity contribution in [3.05, 3.63) is 24.0 Å². The minimum absolute atomic E-state index is 0.00887. The maximum absolute atomic E-state index is 13.3. The summed E-state index contributed by atoms with van der Waals surface area (Å²) in [6, 6.07) is 3.26. The van der Waals surface area contributed by atoms with Crippen molar-refractivity contribution >= 4 is 15.9 Å². The summed E-state index contributed by atoms with van der Waals surface area (Å²) in [4.78, 5) is 16.6. The van der Waals surface area contributed by atoms with Crippen molar-refractivity contribution in [2.24, 2.45) is 0 Å². The SMILES string of the molecule is CC(F)(F)COc1ccc(C2CCN(S(=O)(=O)C3(C(=O)NO)CCOCC3)CC2)nc1. The quantitative estimate of drug-likeness (QED) is 0.467. The van der Waals surface area contributed by atoms with Crippen molar-refractivity contribution in [2.45, 2.75) is 49.2 Å². The molecule has 0 radical (unpaired) electrons. The molecular weight excluding hydrogens is 436 g/mol. The molecular formula is C19H27F2N3O6S. The third kappa shape index (κ3) is 5.13. The number of halogens is 2. The monoisotopic (exact) mass is 463 g/mol. The van der Waals surface area contributed by atoms with Gasteiger partial charge in [0.15, 0.2) is 11.4 Å². The zero-order chi connectivity index (χ0) is 22.7. The van der Waals surface area contributed by atoms with Crippen LogP contribution in [0.4, 0.5) is 8.78 Å². The van der Waals surface area contributed by atoms with E-state index in [0.717, 1.165) is 12.6 Å². The van der Waals surface area contributed by atoms with Gasteiger partial charge in [-0.2, -0.15) is 0 Å². The number of nitrogens with zero attached hydrogens (tertiary/aromatic N) is 2. The van der Waals surface area contributed by atoms with Crippen molar-refractivity contribution in [2.75, 3.05) is 32.9 Å². The average Bonchev–Trinajstić information content (AvgIpc) is 2.77. The molecule has 3 heterocycles. The summed E-state index contributed by atoms with van der Waals surface area (Å²) in [5.74, 6) is -3.65. The van der Waals surface area contributed by atoms with Gasteiger partial charge in [-0.1, -0.05) is 0 Å². The summed E-state index contributed by atoms with van der Waals surface area (Å²) in [7, 11) is -4.02.